The molecule has 2 amide bonds. The van der Waals surface area contributed by atoms with Gasteiger partial charge in [-0.3, -0.25) is 9.59 Å². The van der Waals surface area contributed by atoms with Gasteiger partial charge in [-0.2, -0.15) is 0 Å². The Bertz CT molecular complexity index is 913. The van der Waals surface area contributed by atoms with Crippen molar-refractivity contribution in [1.29, 1.82) is 0 Å². The van der Waals surface area contributed by atoms with Crippen molar-refractivity contribution in [2.24, 2.45) is 0 Å². The summed E-state index contributed by atoms with van der Waals surface area (Å²) in [6.45, 7) is 0.557. The summed E-state index contributed by atoms with van der Waals surface area (Å²) in [6, 6.07) is 18.3. The minimum Gasteiger partial charge on any atom is -0.353 e. The van der Waals surface area contributed by atoms with E-state index >= 15 is 0 Å². The van der Waals surface area contributed by atoms with Crippen molar-refractivity contribution >= 4 is 11.8 Å². The van der Waals surface area contributed by atoms with E-state index < -0.39 is 5.54 Å². The molecule has 1 spiro atoms. The summed E-state index contributed by atoms with van der Waals surface area (Å²) < 4.78 is 0. The number of nitrogens with zero attached hydrogens (tertiary/aromatic N) is 1. The molecule has 4 nitrogen and oxygen atoms in total. The molecule has 1 aliphatic heterocycles. The highest BCUT2D eigenvalue weighted by atomic mass is 16.2. The SMILES string of the molecule is O=C(NC1CC1)C1c2ccccc2C(=O)N(Cc2ccccc2)C12CCCCC2. The van der Waals surface area contributed by atoms with Gasteiger partial charge in [0.25, 0.3) is 5.91 Å². The molecule has 1 N–H and O–H groups in total. The maximum absolute atomic E-state index is 13.7. The standard InChI is InChI=1S/C25H28N2O2/c28-23(26-19-13-14-19)22-20-11-5-6-12-21(20)24(29)27(17-18-9-3-1-4-10-18)25(22)15-7-2-8-16-25/h1,3-6,9-12,19,22H,2,7-8,13-17H2,(H,26,28). The number of nitrogens with one attached hydrogen (secondary N) is 1. The van der Waals surface area contributed by atoms with E-state index in [0.29, 0.717) is 18.2 Å². The molecule has 4 heteroatoms. The number of hydrogen-bond donors (Lipinski definition) is 1. The largest absolute Gasteiger partial charge is 0.353 e. The van der Waals surface area contributed by atoms with Crippen molar-refractivity contribution in [2.75, 3.05) is 0 Å². The van der Waals surface area contributed by atoms with Gasteiger partial charge in [0.15, 0.2) is 0 Å². The molecule has 2 fully saturated rings. The van der Waals surface area contributed by atoms with Crippen LogP contribution in [0.2, 0.25) is 0 Å². The van der Waals surface area contributed by atoms with Gasteiger partial charge in [0, 0.05) is 18.2 Å². The Balaban J connectivity index is 1.63. The molecular formula is C25H28N2O2. The maximum atomic E-state index is 13.7. The zero-order valence-corrected chi connectivity index (χ0v) is 16.8. The number of amides is 2. The molecule has 3 aliphatic rings. The van der Waals surface area contributed by atoms with Crippen molar-refractivity contribution in [3.63, 3.8) is 0 Å². The van der Waals surface area contributed by atoms with Gasteiger partial charge in [-0.25, -0.2) is 0 Å². The minimum absolute atomic E-state index is 0.0711. The molecule has 0 aromatic heterocycles. The van der Waals surface area contributed by atoms with Crippen LogP contribution in [0.3, 0.4) is 0 Å². The Kier molecular flexibility index (Phi) is 4.65. The monoisotopic (exact) mass is 388 g/mol. The Morgan fingerprint density at radius 2 is 1.66 bits per heavy atom. The first-order valence-electron chi connectivity index (χ1n) is 10.9. The molecule has 2 saturated carbocycles. The topological polar surface area (TPSA) is 49.4 Å². The lowest BCUT2D eigenvalue weighted by atomic mass is 9.65. The maximum Gasteiger partial charge on any atom is 0.254 e. The first-order valence-corrected chi connectivity index (χ1v) is 10.9. The third kappa shape index (κ3) is 3.25. The van der Waals surface area contributed by atoms with Crippen molar-refractivity contribution < 1.29 is 9.59 Å². The smallest absolute Gasteiger partial charge is 0.254 e. The first-order chi connectivity index (χ1) is 14.2. The van der Waals surface area contributed by atoms with Gasteiger partial charge in [-0.1, -0.05) is 67.8 Å². The Morgan fingerprint density at radius 1 is 0.966 bits per heavy atom. The average Bonchev–Trinajstić information content (AvgIpc) is 3.57. The Morgan fingerprint density at radius 3 is 2.38 bits per heavy atom. The van der Waals surface area contributed by atoms with Gasteiger partial charge in [0.05, 0.1) is 11.5 Å². The van der Waals surface area contributed by atoms with Crippen LogP contribution in [0.15, 0.2) is 54.6 Å². The van der Waals surface area contributed by atoms with E-state index in [1.54, 1.807) is 0 Å². The average molecular weight is 389 g/mol. The fraction of sp³-hybridized carbons (Fsp3) is 0.440. The second-order valence-electron chi connectivity index (χ2n) is 8.84. The lowest BCUT2D eigenvalue weighted by molar-refractivity contribution is -0.127. The minimum atomic E-state index is -0.432. The van der Waals surface area contributed by atoms with Crippen LogP contribution in [-0.2, 0) is 11.3 Å². The number of benzene rings is 2. The second kappa shape index (κ2) is 7.33. The van der Waals surface area contributed by atoms with Gasteiger partial charge in [0.2, 0.25) is 5.91 Å². The van der Waals surface area contributed by atoms with Gasteiger partial charge >= 0.3 is 0 Å². The number of carbonyl (C=O) groups excluding carboxylic acids is 2. The van der Waals surface area contributed by atoms with Crippen molar-refractivity contribution in [3.8, 4) is 0 Å². The van der Waals surface area contributed by atoms with Crippen molar-refractivity contribution in [3.05, 3.63) is 71.3 Å². The molecule has 29 heavy (non-hydrogen) atoms. The first kappa shape index (κ1) is 18.4. The molecule has 0 saturated heterocycles. The Labute approximate surface area is 172 Å². The van der Waals surface area contributed by atoms with Crippen molar-refractivity contribution in [1.82, 2.24) is 10.2 Å². The van der Waals surface area contributed by atoms with Crippen molar-refractivity contribution in [2.45, 2.75) is 69.0 Å². The predicted octanol–water partition coefficient (Wildman–Crippen LogP) is 4.41. The molecule has 1 atom stereocenters. The van der Waals surface area contributed by atoms with E-state index in [1.807, 2.05) is 47.4 Å². The van der Waals surface area contributed by atoms with Crippen LogP contribution in [0.1, 0.15) is 72.3 Å². The van der Waals surface area contributed by atoms with Crippen LogP contribution < -0.4 is 5.32 Å². The summed E-state index contributed by atoms with van der Waals surface area (Å²) >= 11 is 0. The summed E-state index contributed by atoms with van der Waals surface area (Å²) in [5.41, 5.74) is 2.29. The van der Waals surface area contributed by atoms with E-state index in [1.165, 1.54) is 6.42 Å². The predicted molar refractivity (Wildman–Crippen MR) is 112 cm³/mol. The zero-order valence-electron chi connectivity index (χ0n) is 16.8. The van der Waals surface area contributed by atoms with Crippen LogP contribution in [0, 0.1) is 0 Å². The fourth-order valence-corrected chi connectivity index (χ4v) is 5.35. The summed E-state index contributed by atoms with van der Waals surface area (Å²) in [6.07, 6.45) is 7.22. The molecule has 2 aromatic carbocycles. The number of carbonyl (C=O) groups is 2. The van der Waals surface area contributed by atoms with Gasteiger partial charge < -0.3 is 10.2 Å². The molecule has 2 aromatic rings. The molecule has 1 unspecified atom stereocenters. The third-order valence-corrected chi connectivity index (χ3v) is 6.91. The van der Waals surface area contributed by atoms with Gasteiger partial charge in [-0.05, 0) is 42.9 Å². The molecule has 5 rings (SSSR count). The highest BCUT2D eigenvalue weighted by Crippen LogP contribution is 2.50. The highest BCUT2D eigenvalue weighted by molar-refractivity contribution is 6.02. The number of rotatable bonds is 4. The normalized spacial score (nSPS) is 23.0. The lowest BCUT2D eigenvalue weighted by Crippen LogP contribution is -2.62. The van der Waals surface area contributed by atoms with Crippen LogP contribution in [0.5, 0.6) is 0 Å². The molecule has 0 radical (unpaired) electrons. The van der Waals surface area contributed by atoms with E-state index in [-0.39, 0.29) is 17.7 Å². The van der Waals surface area contributed by atoms with Crippen LogP contribution in [-0.4, -0.2) is 28.3 Å². The molecule has 150 valence electrons. The number of hydrogen-bond acceptors (Lipinski definition) is 2. The molecular weight excluding hydrogens is 360 g/mol. The van der Waals surface area contributed by atoms with Crippen LogP contribution in [0.25, 0.3) is 0 Å². The summed E-state index contributed by atoms with van der Waals surface area (Å²) in [5, 5.41) is 3.26. The fourth-order valence-electron chi connectivity index (χ4n) is 5.35. The second-order valence-corrected chi connectivity index (χ2v) is 8.84. The Hall–Kier alpha value is -2.62. The molecule has 1 heterocycles. The van der Waals surface area contributed by atoms with E-state index in [4.69, 9.17) is 0 Å². The van der Waals surface area contributed by atoms with E-state index in [9.17, 15) is 9.59 Å². The molecule has 2 aliphatic carbocycles. The number of fused-ring (bicyclic) bond motifs is 1. The quantitative estimate of drug-likeness (QED) is 0.844. The van der Waals surface area contributed by atoms with E-state index in [0.717, 1.165) is 49.7 Å². The summed E-state index contributed by atoms with van der Waals surface area (Å²) in [5.74, 6) is -0.116. The van der Waals surface area contributed by atoms with E-state index in [2.05, 4.69) is 17.4 Å². The zero-order chi connectivity index (χ0) is 19.8. The van der Waals surface area contributed by atoms with Gasteiger partial charge in [0.1, 0.15) is 0 Å². The molecule has 0 bridgehead atoms. The lowest BCUT2D eigenvalue weighted by Gasteiger charge is -2.53. The summed E-state index contributed by atoms with van der Waals surface area (Å²) in [4.78, 5) is 29.3. The third-order valence-electron chi connectivity index (χ3n) is 6.91. The summed E-state index contributed by atoms with van der Waals surface area (Å²) in [7, 11) is 0. The highest BCUT2D eigenvalue weighted by Gasteiger charge is 2.54. The van der Waals surface area contributed by atoms with Gasteiger partial charge in [-0.15, -0.1) is 0 Å². The van der Waals surface area contributed by atoms with Crippen LogP contribution >= 0.6 is 0 Å². The van der Waals surface area contributed by atoms with Crippen LogP contribution in [0.4, 0.5) is 0 Å².